The lowest BCUT2D eigenvalue weighted by Crippen LogP contribution is -2.15. The first kappa shape index (κ1) is 10.2. The molecule has 0 N–H and O–H groups in total. The van der Waals surface area contributed by atoms with Gasteiger partial charge in [-0.3, -0.25) is 4.79 Å². The monoisotopic (exact) mass is 204 g/mol. The van der Waals surface area contributed by atoms with E-state index < -0.39 is 0 Å². The maximum atomic E-state index is 11.9. The van der Waals surface area contributed by atoms with Gasteiger partial charge in [0.05, 0.1) is 12.2 Å². The highest BCUT2D eigenvalue weighted by molar-refractivity contribution is 6.00. The molecular formula is C13H16O2. The number of benzene rings is 1. The fourth-order valence-corrected chi connectivity index (χ4v) is 1.89. The molecule has 2 heteroatoms. The number of ketones is 1. The first-order chi connectivity index (χ1) is 7.20. The van der Waals surface area contributed by atoms with Crippen molar-refractivity contribution in [3.05, 3.63) is 29.3 Å². The van der Waals surface area contributed by atoms with Gasteiger partial charge in [0, 0.05) is 5.92 Å². The van der Waals surface area contributed by atoms with E-state index in [0.717, 1.165) is 30.8 Å². The molecule has 1 aromatic carbocycles. The van der Waals surface area contributed by atoms with Crippen LogP contribution in [0.3, 0.4) is 0 Å². The van der Waals surface area contributed by atoms with Crippen molar-refractivity contribution < 1.29 is 9.53 Å². The van der Waals surface area contributed by atoms with E-state index >= 15 is 0 Å². The lowest BCUT2D eigenvalue weighted by Gasteiger charge is -2.20. The standard InChI is InChI=1S/C13H16O2/c1-9(2)12(14)11-7-3-5-10-6-4-8-15-13(10)11/h3,5,7,9H,4,6,8H2,1-2H3. The summed E-state index contributed by atoms with van der Waals surface area (Å²) < 4.78 is 5.61. The van der Waals surface area contributed by atoms with Crippen molar-refractivity contribution in [2.45, 2.75) is 26.7 Å². The van der Waals surface area contributed by atoms with Gasteiger partial charge in [0.2, 0.25) is 0 Å². The number of ether oxygens (including phenoxy) is 1. The number of aryl methyl sites for hydroxylation is 1. The number of para-hydroxylation sites is 1. The fraction of sp³-hybridized carbons (Fsp3) is 0.462. The highest BCUT2D eigenvalue weighted by Crippen LogP contribution is 2.30. The molecule has 0 aromatic heterocycles. The van der Waals surface area contributed by atoms with E-state index in [1.807, 2.05) is 32.0 Å². The van der Waals surface area contributed by atoms with Crippen molar-refractivity contribution in [1.29, 1.82) is 0 Å². The summed E-state index contributed by atoms with van der Waals surface area (Å²) in [4.78, 5) is 11.9. The van der Waals surface area contributed by atoms with Crippen LogP contribution in [-0.2, 0) is 6.42 Å². The van der Waals surface area contributed by atoms with Gasteiger partial charge >= 0.3 is 0 Å². The van der Waals surface area contributed by atoms with Gasteiger partial charge in [-0.2, -0.15) is 0 Å². The maximum absolute atomic E-state index is 11.9. The van der Waals surface area contributed by atoms with Crippen LogP contribution in [0, 0.1) is 5.92 Å². The summed E-state index contributed by atoms with van der Waals surface area (Å²) in [5, 5.41) is 0. The number of rotatable bonds is 2. The van der Waals surface area contributed by atoms with Crippen molar-refractivity contribution >= 4 is 5.78 Å². The second-order valence-corrected chi connectivity index (χ2v) is 4.26. The average Bonchev–Trinajstić information content (AvgIpc) is 2.27. The minimum atomic E-state index is 0.0297. The lowest BCUT2D eigenvalue weighted by atomic mass is 9.95. The molecular weight excluding hydrogens is 188 g/mol. The Hall–Kier alpha value is -1.31. The highest BCUT2D eigenvalue weighted by Gasteiger charge is 2.20. The van der Waals surface area contributed by atoms with Gasteiger partial charge in [-0.1, -0.05) is 26.0 Å². The van der Waals surface area contributed by atoms with Gasteiger partial charge in [0.1, 0.15) is 5.75 Å². The Labute approximate surface area is 90.3 Å². The number of carbonyl (C=O) groups is 1. The van der Waals surface area contributed by atoms with Gasteiger partial charge in [-0.25, -0.2) is 0 Å². The predicted octanol–water partition coefficient (Wildman–Crippen LogP) is 2.85. The zero-order valence-electron chi connectivity index (χ0n) is 9.25. The van der Waals surface area contributed by atoms with Gasteiger partial charge in [-0.05, 0) is 24.5 Å². The maximum Gasteiger partial charge on any atom is 0.169 e. The molecule has 1 aromatic rings. The fourth-order valence-electron chi connectivity index (χ4n) is 1.89. The molecule has 0 amide bonds. The van der Waals surface area contributed by atoms with E-state index in [0.29, 0.717) is 0 Å². The van der Waals surface area contributed by atoms with E-state index in [1.54, 1.807) is 0 Å². The Balaban J connectivity index is 2.43. The SMILES string of the molecule is CC(C)C(=O)c1cccc2c1OCCC2. The van der Waals surface area contributed by atoms with Gasteiger partial charge in [0.25, 0.3) is 0 Å². The molecule has 2 nitrogen and oxygen atoms in total. The Morgan fingerprint density at radius 2 is 2.20 bits per heavy atom. The van der Waals surface area contributed by atoms with E-state index in [9.17, 15) is 4.79 Å². The van der Waals surface area contributed by atoms with Crippen LogP contribution in [0.1, 0.15) is 36.2 Å². The summed E-state index contributed by atoms with van der Waals surface area (Å²) in [5.41, 5.74) is 1.93. The number of fused-ring (bicyclic) bond motifs is 1. The summed E-state index contributed by atoms with van der Waals surface area (Å²) >= 11 is 0. The van der Waals surface area contributed by atoms with Crippen molar-refractivity contribution in [2.75, 3.05) is 6.61 Å². The van der Waals surface area contributed by atoms with E-state index in [4.69, 9.17) is 4.74 Å². The minimum Gasteiger partial charge on any atom is -0.493 e. The Kier molecular flexibility index (Phi) is 2.76. The molecule has 1 aliphatic heterocycles. The molecule has 15 heavy (non-hydrogen) atoms. The Morgan fingerprint density at radius 1 is 1.40 bits per heavy atom. The Morgan fingerprint density at radius 3 is 2.93 bits per heavy atom. The van der Waals surface area contributed by atoms with Gasteiger partial charge in [-0.15, -0.1) is 0 Å². The molecule has 0 spiro atoms. The largest absolute Gasteiger partial charge is 0.493 e. The molecule has 0 fully saturated rings. The molecule has 0 bridgehead atoms. The number of hydrogen-bond donors (Lipinski definition) is 0. The van der Waals surface area contributed by atoms with Crippen LogP contribution in [0.25, 0.3) is 0 Å². The number of Topliss-reactive ketones (excluding diaryl/α,β-unsaturated/α-hetero) is 1. The summed E-state index contributed by atoms with van der Waals surface area (Å²) in [7, 11) is 0. The summed E-state index contributed by atoms with van der Waals surface area (Å²) in [5.74, 6) is 1.03. The second kappa shape index (κ2) is 4.05. The number of carbonyl (C=O) groups excluding carboxylic acids is 1. The van der Waals surface area contributed by atoms with Crippen LogP contribution in [0.4, 0.5) is 0 Å². The summed E-state index contributed by atoms with van der Waals surface area (Å²) in [6.45, 7) is 4.57. The smallest absolute Gasteiger partial charge is 0.169 e. The third-order valence-corrected chi connectivity index (χ3v) is 2.72. The van der Waals surface area contributed by atoms with Crippen LogP contribution < -0.4 is 4.74 Å². The van der Waals surface area contributed by atoms with Gasteiger partial charge < -0.3 is 4.74 Å². The Bertz CT molecular complexity index is 380. The van der Waals surface area contributed by atoms with Crippen LogP contribution in [-0.4, -0.2) is 12.4 Å². The molecule has 0 aliphatic carbocycles. The average molecular weight is 204 g/mol. The highest BCUT2D eigenvalue weighted by atomic mass is 16.5. The molecule has 1 heterocycles. The summed E-state index contributed by atoms with van der Waals surface area (Å²) in [6, 6.07) is 5.86. The molecule has 1 aliphatic rings. The van der Waals surface area contributed by atoms with Crippen LogP contribution in [0.15, 0.2) is 18.2 Å². The van der Waals surface area contributed by atoms with Crippen molar-refractivity contribution in [3.63, 3.8) is 0 Å². The molecule has 0 saturated carbocycles. The first-order valence-corrected chi connectivity index (χ1v) is 5.49. The molecule has 0 atom stereocenters. The first-order valence-electron chi connectivity index (χ1n) is 5.49. The molecule has 0 unspecified atom stereocenters. The summed E-state index contributed by atoms with van der Waals surface area (Å²) in [6.07, 6.45) is 2.07. The molecule has 0 radical (unpaired) electrons. The van der Waals surface area contributed by atoms with E-state index in [1.165, 1.54) is 5.56 Å². The zero-order chi connectivity index (χ0) is 10.8. The topological polar surface area (TPSA) is 26.3 Å². The number of hydrogen-bond acceptors (Lipinski definition) is 2. The normalized spacial score (nSPS) is 14.6. The minimum absolute atomic E-state index is 0.0297. The second-order valence-electron chi connectivity index (χ2n) is 4.26. The van der Waals surface area contributed by atoms with Crippen LogP contribution in [0.5, 0.6) is 5.75 Å². The lowest BCUT2D eigenvalue weighted by molar-refractivity contribution is 0.0934. The van der Waals surface area contributed by atoms with E-state index in [2.05, 4.69) is 0 Å². The van der Waals surface area contributed by atoms with Crippen LogP contribution in [0.2, 0.25) is 0 Å². The zero-order valence-corrected chi connectivity index (χ0v) is 9.25. The van der Waals surface area contributed by atoms with Crippen molar-refractivity contribution in [2.24, 2.45) is 5.92 Å². The third kappa shape index (κ3) is 1.89. The molecule has 80 valence electrons. The van der Waals surface area contributed by atoms with Crippen LogP contribution >= 0.6 is 0 Å². The third-order valence-electron chi connectivity index (χ3n) is 2.72. The van der Waals surface area contributed by atoms with Crippen molar-refractivity contribution in [1.82, 2.24) is 0 Å². The van der Waals surface area contributed by atoms with Crippen molar-refractivity contribution in [3.8, 4) is 5.75 Å². The molecule has 0 saturated heterocycles. The predicted molar refractivity (Wildman–Crippen MR) is 59.4 cm³/mol. The van der Waals surface area contributed by atoms with Gasteiger partial charge in [0.15, 0.2) is 5.78 Å². The molecule has 2 rings (SSSR count). The quantitative estimate of drug-likeness (QED) is 0.692. The van der Waals surface area contributed by atoms with E-state index in [-0.39, 0.29) is 11.7 Å².